The molecule has 0 saturated heterocycles. The maximum Gasteiger partial charge on any atom is 0.337 e. The van der Waals surface area contributed by atoms with Crippen molar-refractivity contribution in [1.82, 2.24) is 9.97 Å². The third-order valence-electron chi connectivity index (χ3n) is 4.54. The normalized spacial score (nSPS) is 11.5. The van der Waals surface area contributed by atoms with Gasteiger partial charge < -0.3 is 14.5 Å². The molecule has 3 aromatic rings. The van der Waals surface area contributed by atoms with Gasteiger partial charge in [0, 0.05) is 0 Å². The number of carbonyl (C=O) groups excluding carboxylic acids is 1. The molecule has 1 aromatic heterocycles. The lowest BCUT2D eigenvalue weighted by Gasteiger charge is -2.06. The summed E-state index contributed by atoms with van der Waals surface area (Å²) in [4.78, 5) is 31.2. The Morgan fingerprint density at radius 3 is 2.63 bits per heavy atom. The van der Waals surface area contributed by atoms with Crippen LogP contribution in [-0.2, 0) is 4.74 Å². The molecule has 1 N–H and O–H groups in total. The SMILES string of the molecule is CCCCCOc1ccc(/C=C(\Cl)c2nc3cc(C(=O)OC)ccc3c(=O)[nH]2)cc1. The highest BCUT2D eigenvalue weighted by Gasteiger charge is 2.11. The van der Waals surface area contributed by atoms with Crippen LogP contribution in [0.15, 0.2) is 47.3 Å². The number of hydrogen-bond donors (Lipinski definition) is 1. The van der Waals surface area contributed by atoms with E-state index in [4.69, 9.17) is 21.1 Å². The second kappa shape index (κ2) is 10.1. The zero-order valence-electron chi connectivity index (χ0n) is 16.9. The molecule has 0 atom stereocenters. The van der Waals surface area contributed by atoms with Gasteiger partial charge in [-0.3, -0.25) is 4.79 Å². The fourth-order valence-electron chi connectivity index (χ4n) is 2.91. The quantitative estimate of drug-likeness (QED) is 0.404. The van der Waals surface area contributed by atoms with Crippen molar-refractivity contribution in [3.05, 3.63) is 69.8 Å². The molecule has 0 fully saturated rings. The van der Waals surface area contributed by atoms with Crippen LogP contribution in [0, 0.1) is 0 Å². The van der Waals surface area contributed by atoms with E-state index < -0.39 is 5.97 Å². The molecule has 7 heteroatoms. The Labute approximate surface area is 179 Å². The predicted molar refractivity (Wildman–Crippen MR) is 119 cm³/mol. The van der Waals surface area contributed by atoms with Gasteiger partial charge in [0.2, 0.25) is 0 Å². The molecule has 0 aliphatic heterocycles. The molecule has 0 radical (unpaired) electrons. The smallest absolute Gasteiger partial charge is 0.337 e. The van der Waals surface area contributed by atoms with Crippen LogP contribution in [0.25, 0.3) is 22.0 Å². The Bertz CT molecular complexity index is 1120. The summed E-state index contributed by atoms with van der Waals surface area (Å²) in [5.41, 5.74) is 1.17. The van der Waals surface area contributed by atoms with Gasteiger partial charge in [0.05, 0.1) is 35.2 Å². The molecule has 0 saturated carbocycles. The van der Waals surface area contributed by atoms with Crippen molar-refractivity contribution in [2.24, 2.45) is 0 Å². The first-order valence-electron chi connectivity index (χ1n) is 9.74. The topological polar surface area (TPSA) is 81.3 Å². The molecular weight excluding hydrogens is 404 g/mol. The molecule has 0 bridgehead atoms. The zero-order chi connectivity index (χ0) is 21.5. The molecular formula is C23H23ClN2O4. The standard InChI is InChI=1S/C23H23ClN2O4/c1-3-4-5-12-30-17-9-6-15(7-10-17)13-19(24)21-25-20-14-16(23(28)29-2)8-11-18(20)22(27)26-21/h6-11,13-14H,3-5,12H2,1-2H3,(H,25,26,27)/b19-13-. The lowest BCUT2D eigenvalue weighted by molar-refractivity contribution is 0.0601. The molecule has 3 rings (SSSR count). The van der Waals surface area contributed by atoms with E-state index in [1.165, 1.54) is 25.3 Å². The van der Waals surface area contributed by atoms with Gasteiger partial charge in [0.15, 0.2) is 5.82 Å². The summed E-state index contributed by atoms with van der Waals surface area (Å²) in [7, 11) is 1.30. The molecule has 0 unspecified atom stereocenters. The van der Waals surface area contributed by atoms with E-state index in [9.17, 15) is 9.59 Å². The van der Waals surface area contributed by atoms with Gasteiger partial charge in [0.1, 0.15) is 5.75 Å². The first-order valence-corrected chi connectivity index (χ1v) is 10.1. The number of H-pyrrole nitrogens is 1. The highest BCUT2D eigenvalue weighted by Crippen LogP contribution is 2.22. The van der Waals surface area contributed by atoms with Crippen molar-refractivity contribution < 1.29 is 14.3 Å². The second-order valence-corrected chi connectivity index (χ2v) is 7.16. The zero-order valence-corrected chi connectivity index (χ0v) is 17.7. The maximum atomic E-state index is 12.4. The number of hydrogen-bond acceptors (Lipinski definition) is 5. The molecule has 2 aromatic carbocycles. The third-order valence-corrected chi connectivity index (χ3v) is 4.83. The number of aromatic amines is 1. The summed E-state index contributed by atoms with van der Waals surface area (Å²) in [5, 5.41) is 0.634. The first kappa shape index (κ1) is 21.6. The minimum atomic E-state index is -0.501. The second-order valence-electron chi connectivity index (χ2n) is 6.75. The number of nitrogens with zero attached hydrogens (tertiary/aromatic N) is 1. The van der Waals surface area contributed by atoms with Gasteiger partial charge in [-0.2, -0.15) is 0 Å². The molecule has 30 heavy (non-hydrogen) atoms. The van der Waals surface area contributed by atoms with E-state index in [-0.39, 0.29) is 16.4 Å². The number of fused-ring (bicyclic) bond motifs is 1. The van der Waals surface area contributed by atoms with E-state index in [1.807, 2.05) is 24.3 Å². The Morgan fingerprint density at radius 1 is 1.17 bits per heavy atom. The fourth-order valence-corrected chi connectivity index (χ4v) is 3.13. The first-order chi connectivity index (χ1) is 14.5. The largest absolute Gasteiger partial charge is 0.494 e. The summed E-state index contributed by atoms with van der Waals surface area (Å²) in [6.07, 6.45) is 5.04. The number of benzene rings is 2. The average Bonchev–Trinajstić information content (AvgIpc) is 2.76. The molecule has 156 valence electrons. The van der Waals surface area contributed by atoms with E-state index in [0.29, 0.717) is 23.1 Å². The van der Waals surface area contributed by atoms with Crippen LogP contribution in [0.1, 0.15) is 47.9 Å². The van der Waals surface area contributed by atoms with Crippen LogP contribution in [0.4, 0.5) is 0 Å². The van der Waals surface area contributed by atoms with E-state index in [0.717, 1.165) is 30.6 Å². The number of carbonyl (C=O) groups is 1. The molecule has 0 spiro atoms. The number of esters is 1. The number of halogens is 1. The van der Waals surface area contributed by atoms with Gasteiger partial charge in [0.25, 0.3) is 5.56 Å². The Kier molecular flexibility index (Phi) is 7.25. The van der Waals surface area contributed by atoms with Crippen molar-refractivity contribution >= 4 is 39.6 Å². The Morgan fingerprint density at radius 2 is 1.93 bits per heavy atom. The lowest BCUT2D eigenvalue weighted by Crippen LogP contribution is -2.11. The number of rotatable bonds is 8. The summed E-state index contributed by atoms with van der Waals surface area (Å²) in [6.45, 7) is 2.85. The monoisotopic (exact) mass is 426 g/mol. The van der Waals surface area contributed by atoms with Crippen LogP contribution in [0.3, 0.4) is 0 Å². The number of aromatic nitrogens is 2. The molecule has 0 amide bonds. The van der Waals surface area contributed by atoms with E-state index in [1.54, 1.807) is 6.08 Å². The third kappa shape index (κ3) is 5.27. The highest BCUT2D eigenvalue weighted by atomic mass is 35.5. The number of unbranched alkanes of at least 4 members (excludes halogenated alkanes) is 2. The van der Waals surface area contributed by atoms with Gasteiger partial charge in [-0.1, -0.05) is 43.5 Å². The van der Waals surface area contributed by atoms with Crippen molar-refractivity contribution in [2.75, 3.05) is 13.7 Å². The van der Waals surface area contributed by atoms with E-state index >= 15 is 0 Å². The van der Waals surface area contributed by atoms with E-state index in [2.05, 4.69) is 16.9 Å². The fraction of sp³-hybridized carbons (Fsp3) is 0.261. The van der Waals surface area contributed by atoms with Gasteiger partial charge in [-0.25, -0.2) is 9.78 Å². The van der Waals surface area contributed by atoms with Crippen LogP contribution < -0.4 is 10.3 Å². The molecule has 1 heterocycles. The van der Waals surface area contributed by atoms with Gasteiger partial charge >= 0.3 is 5.97 Å². The van der Waals surface area contributed by atoms with Gasteiger partial charge in [-0.15, -0.1) is 0 Å². The summed E-state index contributed by atoms with van der Waals surface area (Å²) < 4.78 is 10.4. The van der Waals surface area contributed by atoms with Crippen molar-refractivity contribution in [3.63, 3.8) is 0 Å². The predicted octanol–water partition coefficient (Wildman–Crippen LogP) is 5.02. The molecule has 0 aliphatic rings. The Hall–Kier alpha value is -3.12. The minimum Gasteiger partial charge on any atom is -0.494 e. The van der Waals surface area contributed by atoms with Crippen LogP contribution in [-0.4, -0.2) is 29.7 Å². The lowest BCUT2D eigenvalue weighted by atomic mass is 10.1. The molecule has 6 nitrogen and oxygen atoms in total. The highest BCUT2D eigenvalue weighted by molar-refractivity contribution is 6.50. The number of ether oxygens (including phenoxy) is 2. The maximum absolute atomic E-state index is 12.4. The van der Waals surface area contributed by atoms with Crippen LogP contribution in [0.5, 0.6) is 5.75 Å². The Balaban J connectivity index is 1.83. The number of nitrogens with one attached hydrogen (secondary N) is 1. The van der Waals surface area contributed by atoms with Crippen molar-refractivity contribution in [3.8, 4) is 5.75 Å². The van der Waals surface area contributed by atoms with Crippen LogP contribution in [0.2, 0.25) is 0 Å². The van der Waals surface area contributed by atoms with Crippen molar-refractivity contribution in [1.29, 1.82) is 0 Å². The molecule has 0 aliphatic carbocycles. The van der Waals surface area contributed by atoms with Crippen molar-refractivity contribution in [2.45, 2.75) is 26.2 Å². The van der Waals surface area contributed by atoms with Crippen LogP contribution >= 0.6 is 11.6 Å². The summed E-state index contributed by atoms with van der Waals surface area (Å²) >= 11 is 6.41. The van der Waals surface area contributed by atoms with Gasteiger partial charge in [-0.05, 0) is 48.4 Å². The summed E-state index contributed by atoms with van der Waals surface area (Å²) in [5.74, 6) is 0.516. The number of methoxy groups -OCH3 is 1. The average molecular weight is 427 g/mol. The summed E-state index contributed by atoms with van der Waals surface area (Å²) in [6, 6.07) is 12.1. The minimum absolute atomic E-state index is 0.219.